The van der Waals surface area contributed by atoms with Crippen molar-refractivity contribution in [2.24, 2.45) is 5.92 Å². The summed E-state index contributed by atoms with van der Waals surface area (Å²) in [5, 5.41) is 5.88. The highest BCUT2D eigenvalue weighted by Crippen LogP contribution is 2.23. The Bertz CT molecular complexity index is 574. The van der Waals surface area contributed by atoms with Crippen LogP contribution in [0.5, 0.6) is 5.75 Å². The third-order valence-electron chi connectivity index (χ3n) is 4.68. The molecule has 3 amide bonds. The van der Waals surface area contributed by atoms with Crippen molar-refractivity contribution in [3.05, 3.63) is 24.3 Å². The van der Waals surface area contributed by atoms with Crippen molar-refractivity contribution in [1.29, 1.82) is 0 Å². The van der Waals surface area contributed by atoms with E-state index in [4.69, 9.17) is 4.74 Å². The number of carbonyl (C=O) groups excluding carboxylic acids is 2. The van der Waals surface area contributed by atoms with Crippen molar-refractivity contribution in [1.82, 2.24) is 10.2 Å². The molecule has 0 spiro atoms. The lowest BCUT2D eigenvalue weighted by atomic mass is 9.93. The normalized spacial score (nSPS) is 20.0. The van der Waals surface area contributed by atoms with Crippen LogP contribution >= 0.6 is 0 Å². The summed E-state index contributed by atoms with van der Waals surface area (Å²) in [4.78, 5) is 26.7. The summed E-state index contributed by atoms with van der Waals surface area (Å²) < 4.78 is 5.12. The van der Waals surface area contributed by atoms with E-state index in [1.54, 1.807) is 36.3 Å². The number of unbranched alkanes of at least 4 members (excludes halogenated alkanes) is 1. The minimum absolute atomic E-state index is 0.0580. The molecule has 25 heavy (non-hydrogen) atoms. The zero-order valence-corrected chi connectivity index (χ0v) is 15.4. The van der Waals surface area contributed by atoms with Crippen molar-refractivity contribution in [3.63, 3.8) is 0 Å². The first kappa shape index (κ1) is 19.1. The van der Waals surface area contributed by atoms with Gasteiger partial charge in [-0.1, -0.05) is 13.3 Å². The number of anilines is 1. The highest BCUT2D eigenvalue weighted by Gasteiger charge is 2.32. The highest BCUT2D eigenvalue weighted by atomic mass is 16.5. The Balaban J connectivity index is 1.93. The van der Waals surface area contributed by atoms with E-state index in [-0.39, 0.29) is 23.9 Å². The summed E-state index contributed by atoms with van der Waals surface area (Å²) in [7, 11) is 1.61. The van der Waals surface area contributed by atoms with Gasteiger partial charge >= 0.3 is 6.03 Å². The Kier molecular flexibility index (Phi) is 7.10. The molecule has 1 aliphatic heterocycles. The molecule has 138 valence electrons. The summed E-state index contributed by atoms with van der Waals surface area (Å²) in [6.07, 6.45) is 3.70. The fourth-order valence-electron chi connectivity index (χ4n) is 3.01. The number of ether oxygens (including phenoxy) is 1. The number of hydrogen-bond acceptors (Lipinski definition) is 3. The van der Waals surface area contributed by atoms with Crippen LogP contribution in [-0.2, 0) is 4.79 Å². The molecule has 0 bridgehead atoms. The molecule has 2 N–H and O–H groups in total. The Morgan fingerprint density at radius 1 is 1.24 bits per heavy atom. The fraction of sp³-hybridized carbons (Fsp3) is 0.579. The maximum absolute atomic E-state index is 12.6. The molecule has 0 aromatic heterocycles. The molecular weight excluding hydrogens is 318 g/mol. The number of amides is 3. The molecule has 6 heteroatoms. The predicted octanol–water partition coefficient (Wildman–Crippen LogP) is 3.24. The van der Waals surface area contributed by atoms with Crippen LogP contribution in [0, 0.1) is 5.92 Å². The molecule has 1 fully saturated rings. The van der Waals surface area contributed by atoms with Gasteiger partial charge in [0, 0.05) is 24.8 Å². The van der Waals surface area contributed by atoms with E-state index in [0.717, 1.165) is 31.4 Å². The standard InChI is InChI=1S/C19H29N3O3/c1-4-5-12-20-18(23)15-7-6-14(2)22(13-15)19(24)21-16-8-10-17(25-3)11-9-16/h8-11,14-15H,4-7,12-13H2,1-3H3,(H,20,23)(H,21,24)/t14-,15+/m1/s1. The van der Waals surface area contributed by atoms with Gasteiger partial charge < -0.3 is 20.3 Å². The van der Waals surface area contributed by atoms with E-state index < -0.39 is 0 Å². The molecule has 1 heterocycles. The van der Waals surface area contributed by atoms with Crippen molar-refractivity contribution in [3.8, 4) is 5.75 Å². The SMILES string of the molecule is CCCCNC(=O)[C@H]1CC[C@@H](C)N(C(=O)Nc2ccc(OC)cc2)C1. The number of nitrogens with zero attached hydrogens (tertiary/aromatic N) is 1. The van der Waals surface area contributed by atoms with Crippen LogP contribution in [0.4, 0.5) is 10.5 Å². The Labute approximate surface area is 149 Å². The van der Waals surface area contributed by atoms with Gasteiger partial charge in [-0.25, -0.2) is 4.79 Å². The van der Waals surface area contributed by atoms with Crippen LogP contribution < -0.4 is 15.4 Å². The highest BCUT2D eigenvalue weighted by molar-refractivity contribution is 5.90. The summed E-state index contributed by atoms with van der Waals surface area (Å²) in [5.74, 6) is 0.672. The number of methoxy groups -OCH3 is 1. The molecule has 1 aliphatic rings. The number of nitrogens with one attached hydrogen (secondary N) is 2. The second-order valence-corrected chi connectivity index (χ2v) is 6.58. The van der Waals surface area contributed by atoms with Gasteiger partial charge in [-0.05, 0) is 50.5 Å². The van der Waals surface area contributed by atoms with Gasteiger partial charge in [0.1, 0.15) is 5.75 Å². The van der Waals surface area contributed by atoms with E-state index in [1.807, 2.05) is 6.92 Å². The summed E-state index contributed by atoms with van der Waals surface area (Å²) in [6, 6.07) is 7.18. The minimum Gasteiger partial charge on any atom is -0.497 e. The summed E-state index contributed by atoms with van der Waals surface area (Å²) in [6.45, 7) is 5.29. The first-order valence-electron chi connectivity index (χ1n) is 9.04. The Hall–Kier alpha value is -2.24. The van der Waals surface area contributed by atoms with Gasteiger partial charge in [-0.15, -0.1) is 0 Å². The van der Waals surface area contributed by atoms with Gasteiger partial charge in [0.05, 0.1) is 13.0 Å². The lowest BCUT2D eigenvalue weighted by molar-refractivity contribution is -0.126. The smallest absolute Gasteiger partial charge is 0.322 e. The lowest BCUT2D eigenvalue weighted by Crippen LogP contribution is -2.50. The number of urea groups is 1. The second-order valence-electron chi connectivity index (χ2n) is 6.58. The minimum atomic E-state index is -0.163. The van der Waals surface area contributed by atoms with Gasteiger partial charge in [-0.3, -0.25) is 4.79 Å². The number of benzene rings is 1. The fourth-order valence-corrected chi connectivity index (χ4v) is 3.01. The maximum atomic E-state index is 12.6. The van der Waals surface area contributed by atoms with Crippen LogP contribution in [-0.4, -0.2) is 43.1 Å². The molecule has 2 atom stereocenters. The number of rotatable bonds is 6. The van der Waals surface area contributed by atoms with E-state index in [2.05, 4.69) is 17.6 Å². The van der Waals surface area contributed by atoms with Crippen LogP contribution in [0.3, 0.4) is 0 Å². The van der Waals surface area contributed by atoms with Gasteiger partial charge in [0.25, 0.3) is 0 Å². The number of carbonyl (C=O) groups is 2. The van der Waals surface area contributed by atoms with Crippen molar-refractivity contribution >= 4 is 17.6 Å². The average molecular weight is 347 g/mol. The monoisotopic (exact) mass is 347 g/mol. The van der Waals surface area contributed by atoms with Crippen molar-refractivity contribution in [2.75, 3.05) is 25.5 Å². The molecule has 1 aromatic rings. The van der Waals surface area contributed by atoms with Crippen LogP contribution in [0.25, 0.3) is 0 Å². The van der Waals surface area contributed by atoms with Crippen LogP contribution in [0.1, 0.15) is 39.5 Å². The number of likely N-dealkylation sites (tertiary alicyclic amines) is 1. The number of piperidine rings is 1. The largest absolute Gasteiger partial charge is 0.497 e. The third kappa shape index (κ3) is 5.37. The Morgan fingerprint density at radius 2 is 1.96 bits per heavy atom. The predicted molar refractivity (Wildman–Crippen MR) is 98.8 cm³/mol. The molecule has 1 aromatic carbocycles. The maximum Gasteiger partial charge on any atom is 0.322 e. The molecule has 0 saturated carbocycles. The topological polar surface area (TPSA) is 70.7 Å². The zero-order valence-electron chi connectivity index (χ0n) is 15.4. The van der Waals surface area contributed by atoms with Crippen molar-refractivity contribution in [2.45, 2.75) is 45.6 Å². The zero-order chi connectivity index (χ0) is 18.2. The van der Waals surface area contributed by atoms with E-state index in [9.17, 15) is 9.59 Å². The van der Waals surface area contributed by atoms with E-state index >= 15 is 0 Å². The number of hydrogen-bond donors (Lipinski definition) is 2. The third-order valence-corrected chi connectivity index (χ3v) is 4.68. The quantitative estimate of drug-likeness (QED) is 0.776. The van der Waals surface area contributed by atoms with Gasteiger partial charge in [0.15, 0.2) is 0 Å². The molecule has 0 aliphatic carbocycles. The lowest BCUT2D eigenvalue weighted by Gasteiger charge is -2.37. The van der Waals surface area contributed by atoms with E-state index in [0.29, 0.717) is 18.8 Å². The van der Waals surface area contributed by atoms with Gasteiger partial charge in [0.2, 0.25) is 5.91 Å². The molecule has 2 rings (SSSR count). The summed E-state index contributed by atoms with van der Waals surface area (Å²) >= 11 is 0. The van der Waals surface area contributed by atoms with Gasteiger partial charge in [-0.2, -0.15) is 0 Å². The molecular formula is C19H29N3O3. The second kappa shape index (κ2) is 9.30. The molecule has 6 nitrogen and oxygen atoms in total. The van der Waals surface area contributed by atoms with E-state index in [1.165, 1.54) is 0 Å². The van der Waals surface area contributed by atoms with Crippen LogP contribution in [0.15, 0.2) is 24.3 Å². The van der Waals surface area contributed by atoms with Crippen molar-refractivity contribution < 1.29 is 14.3 Å². The average Bonchev–Trinajstić information content (AvgIpc) is 2.62. The van der Waals surface area contributed by atoms with Crippen LogP contribution in [0.2, 0.25) is 0 Å². The molecule has 0 radical (unpaired) electrons. The first-order valence-corrected chi connectivity index (χ1v) is 9.04. The first-order chi connectivity index (χ1) is 12.0. The Morgan fingerprint density at radius 3 is 2.60 bits per heavy atom. The molecule has 1 saturated heterocycles. The molecule has 0 unspecified atom stereocenters. The summed E-state index contributed by atoms with van der Waals surface area (Å²) in [5.41, 5.74) is 0.715.